The van der Waals surface area contributed by atoms with Crippen LogP contribution in [0, 0.1) is 17.8 Å². The Kier molecular flexibility index (Phi) is 8.86. The lowest BCUT2D eigenvalue weighted by atomic mass is 9.88. The van der Waals surface area contributed by atoms with E-state index in [0.29, 0.717) is 18.3 Å². The number of methoxy groups -OCH3 is 1. The molecule has 0 amide bonds. The molecule has 0 aromatic rings. The molecule has 0 heterocycles. The summed E-state index contributed by atoms with van der Waals surface area (Å²) in [6.45, 7) is 2.16. The van der Waals surface area contributed by atoms with Gasteiger partial charge in [0, 0.05) is 12.3 Å². The zero-order valence-electron chi connectivity index (χ0n) is 16.4. The van der Waals surface area contributed by atoms with Crippen molar-refractivity contribution in [2.45, 2.75) is 83.3 Å². The summed E-state index contributed by atoms with van der Waals surface area (Å²) in [5, 5.41) is 20.5. The lowest BCUT2D eigenvalue weighted by Gasteiger charge is -2.19. The number of ether oxygens (including phenoxy) is 1. The number of fused-ring (bicyclic) bond motifs is 1. The van der Waals surface area contributed by atoms with Crippen LogP contribution in [0.15, 0.2) is 23.8 Å². The van der Waals surface area contributed by atoms with Crippen molar-refractivity contribution < 1.29 is 19.7 Å². The molecular formula is C22H36O4. The fraction of sp³-hybridized carbons (Fsp3) is 0.773. The highest BCUT2D eigenvalue weighted by Gasteiger charge is 2.43. The van der Waals surface area contributed by atoms with Gasteiger partial charge in [0.1, 0.15) is 0 Å². The second-order valence-electron chi connectivity index (χ2n) is 7.97. The highest BCUT2D eigenvalue weighted by molar-refractivity contribution is 5.68. The first kappa shape index (κ1) is 21.2. The van der Waals surface area contributed by atoms with E-state index in [0.717, 1.165) is 57.8 Å². The van der Waals surface area contributed by atoms with E-state index in [1.807, 2.05) is 6.08 Å². The number of hydrogen-bond donors (Lipinski definition) is 2. The molecule has 0 bridgehead atoms. The summed E-state index contributed by atoms with van der Waals surface area (Å²) < 4.78 is 4.68. The molecule has 0 aromatic heterocycles. The molecular weight excluding hydrogens is 328 g/mol. The number of unbranched alkanes of at least 4 members (excludes halogenated alkanes) is 3. The van der Waals surface area contributed by atoms with Gasteiger partial charge in [-0.2, -0.15) is 0 Å². The zero-order valence-corrected chi connectivity index (χ0v) is 16.4. The summed E-state index contributed by atoms with van der Waals surface area (Å²) in [7, 11) is 1.43. The molecule has 0 aromatic carbocycles. The maximum Gasteiger partial charge on any atom is 0.305 e. The van der Waals surface area contributed by atoms with Gasteiger partial charge in [0.2, 0.25) is 0 Å². The van der Waals surface area contributed by atoms with Gasteiger partial charge < -0.3 is 14.9 Å². The van der Waals surface area contributed by atoms with Crippen molar-refractivity contribution in [3.8, 4) is 0 Å². The Hall–Kier alpha value is -1.13. The molecule has 1 saturated carbocycles. The van der Waals surface area contributed by atoms with Gasteiger partial charge in [0.25, 0.3) is 0 Å². The topological polar surface area (TPSA) is 66.8 Å². The first-order valence-electron chi connectivity index (χ1n) is 10.4. The maximum absolute atomic E-state index is 11.2. The van der Waals surface area contributed by atoms with Crippen LogP contribution in [0.4, 0.5) is 0 Å². The minimum absolute atomic E-state index is 0.131. The van der Waals surface area contributed by atoms with Crippen molar-refractivity contribution in [1.82, 2.24) is 0 Å². The van der Waals surface area contributed by atoms with Crippen LogP contribution >= 0.6 is 0 Å². The van der Waals surface area contributed by atoms with Gasteiger partial charge in [0.05, 0.1) is 19.3 Å². The Morgan fingerprint density at radius 3 is 2.88 bits per heavy atom. The van der Waals surface area contributed by atoms with Gasteiger partial charge in [-0.1, -0.05) is 50.0 Å². The number of aliphatic hydroxyl groups is 2. The van der Waals surface area contributed by atoms with Crippen LogP contribution in [0.5, 0.6) is 0 Å². The SMILES string of the molecule is CCCCCC(O)/C=C/C1C(O)CC2C=C(CCCCC(=O)OC)CC21. The first-order chi connectivity index (χ1) is 12.5. The minimum atomic E-state index is -0.389. The van der Waals surface area contributed by atoms with Crippen molar-refractivity contribution in [3.05, 3.63) is 23.8 Å². The Balaban J connectivity index is 1.76. The van der Waals surface area contributed by atoms with Gasteiger partial charge in [-0.25, -0.2) is 0 Å². The summed E-state index contributed by atoms with van der Waals surface area (Å²) in [5.74, 6) is 0.963. The molecule has 2 aliphatic carbocycles. The third kappa shape index (κ3) is 6.24. The van der Waals surface area contributed by atoms with Crippen LogP contribution in [0.3, 0.4) is 0 Å². The fourth-order valence-corrected chi connectivity index (χ4v) is 4.47. The average Bonchev–Trinajstić information content (AvgIpc) is 3.13. The molecule has 0 aliphatic heterocycles. The van der Waals surface area contributed by atoms with Crippen molar-refractivity contribution in [2.24, 2.45) is 17.8 Å². The number of carbonyl (C=O) groups excluding carboxylic acids is 1. The molecule has 0 spiro atoms. The lowest BCUT2D eigenvalue weighted by molar-refractivity contribution is -0.140. The van der Waals surface area contributed by atoms with Crippen molar-refractivity contribution in [2.75, 3.05) is 7.11 Å². The number of esters is 1. The molecule has 5 atom stereocenters. The minimum Gasteiger partial charge on any atom is -0.469 e. The molecule has 0 saturated heterocycles. The van der Waals surface area contributed by atoms with Crippen molar-refractivity contribution >= 4 is 5.97 Å². The molecule has 5 unspecified atom stereocenters. The Bertz CT molecular complexity index is 496. The summed E-state index contributed by atoms with van der Waals surface area (Å²) in [4.78, 5) is 11.2. The molecule has 0 radical (unpaired) electrons. The Labute approximate surface area is 158 Å². The average molecular weight is 365 g/mol. The third-order valence-electron chi connectivity index (χ3n) is 5.97. The molecule has 2 aliphatic rings. The molecule has 26 heavy (non-hydrogen) atoms. The summed E-state index contributed by atoms with van der Waals surface area (Å²) in [5.41, 5.74) is 1.47. The molecule has 4 nitrogen and oxygen atoms in total. The summed E-state index contributed by atoms with van der Waals surface area (Å²) in [6.07, 6.45) is 15.1. The van der Waals surface area contributed by atoms with Gasteiger partial charge in [0.15, 0.2) is 0 Å². The van der Waals surface area contributed by atoms with E-state index < -0.39 is 0 Å². The van der Waals surface area contributed by atoms with Crippen LogP contribution < -0.4 is 0 Å². The third-order valence-corrected chi connectivity index (χ3v) is 5.97. The zero-order chi connectivity index (χ0) is 18.9. The quantitative estimate of drug-likeness (QED) is 0.328. The second-order valence-corrected chi connectivity index (χ2v) is 7.97. The summed E-state index contributed by atoms with van der Waals surface area (Å²) >= 11 is 0. The van der Waals surface area contributed by atoms with Crippen LogP contribution in [0.2, 0.25) is 0 Å². The van der Waals surface area contributed by atoms with Crippen molar-refractivity contribution in [1.29, 1.82) is 0 Å². The number of allylic oxidation sites excluding steroid dienone is 2. The highest BCUT2D eigenvalue weighted by atomic mass is 16.5. The van der Waals surface area contributed by atoms with E-state index >= 15 is 0 Å². The first-order valence-corrected chi connectivity index (χ1v) is 10.4. The largest absolute Gasteiger partial charge is 0.469 e. The highest BCUT2D eigenvalue weighted by Crippen LogP contribution is 2.48. The number of hydrogen-bond acceptors (Lipinski definition) is 4. The predicted octanol–water partition coefficient (Wildman–Crippen LogP) is 4.16. The number of carbonyl (C=O) groups is 1. The number of aliphatic hydroxyl groups excluding tert-OH is 2. The maximum atomic E-state index is 11.2. The van der Waals surface area contributed by atoms with Crippen LogP contribution in [0.25, 0.3) is 0 Å². The number of rotatable bonds is 11. The van der Waals surface area contributed by atoms with E-state index in [4.69, 9.17) is 0 Å². The van der Waals surface area contributed by atoms with Gasteiger partial charge in [-0.3, -0.25) is 4.79 Å². The van der Waals surface area contributed by atoms with E-state index in [2.05, 4.69) is 23.8 Å². The van der Waals surface area contributed by atoms with Crippen LogP contribution in [-0.2, 0) is 9.53 Å². The van der Waals surface area contributed by atoms with E-state index in [9.17, 15) is 15.0 Å². The second kappa shape index (κ2) is 10.9. The normalized spacial score (nSPS) is 29.0. The Morgan fingerprint density at radius 2 is 2.15 bits per heavy atom. The van der Waals surface area contributed by atoms with Crippen molar-refractivity contribution in [3.63, 3.8) is 0 Å². The van der Waals surface area contributed by atoms with E-state index in [1.165, 1.54) is 12.7 Å². The lowest BCUT2D eigenvalue weighted by Crippen LogP contribution is -2.18. The molecule has 2 N–H and O–H groups in total. The van der Waals surface area contributed by atoms with Crippen LogP contribution in [-0.4, -0.2) is 35.5 Å². The van der Waals surface area contributed by atoms with Gasteiger partial charge in [-0.05, 0) is 50.4 Å². The van der Waals surface area contributed by atoms with Gasteiger partial charge in [-0.15, -0.1) is 0 Å². The monoisotopic (exact) mass is 364 g/mol. The standard InChI is InChI=1S/C22H36O4/c1-3-4-5-9-18(23)11-12-19-20-14-16(13-17(20)15-21(19)24)8-6-7-10-22(25)26-2/h11-13,17-21,23-24H,3-10,14-15H2,1-2H3/b12-11+. The molecule has 148 valence electrons. The smallest absolute Gasteiger partial charge is 0.305 e. The predicted molar refractivity (Wildman–Crippen MR) is 104 cm³/mol. The Morgan fingerprint density at radius 1 is 1.35 bits per heavy atom. The molecule has 4 heteroatoms. The van der Waals surface area contributed by atoms with Crippen LogP contribution in [0.1, 0.15) is 71.1 Å². The van der Waals surface area contributed by atoms with E-state index in [-0.39, 0.29) is 24.1 Å². The molecule has 2 rings (SSSR count). The molecule has 1 fully saturated rings. The van der Waals surface area contributed by atoms with Gasteiger partial charge >= 0.3 is 5.97 Å². The summed E-state index contributed by atoms with van der Waals surface area (Å²) in [6, 6.07) is 0. The van der Waals surface area contributed by atoms with E-state index in [1.54, 1.807) is 0 Å². The fourth-order valence-electron chi connectivity index (χ4n) is 4.47.